The Hall–Kier alpha value is -1.41. The maximum absolute atomic E-state index is 10.1. The van der Waals surface area contributed by atoms with Crippen LogP contribution in [-0.4, -0.2) is 19.2 Å². The van der Waals surface area contributed by atoms with Crippen LogP contribution in [-0.2, 0) is 19.1 Å². The average molecular weight is 144 g/mol. The summed E-state index contributed by atoms with van der Waals surface area (Å²) in [5.41, 5.74) is 0. The predicted octanol–water partition coefficient (Wildman–Crippen LogP) is 0.152. The number of ether oxygens (including phenoxy) is 1. The Balaban J connectivity index is 0. The van der Waals surface area contributed by atoms with Gasteiger partial charge in [0.15, 0.2) is 0 Å². The van der Waals surface area contributed by atoms with Crippen molar-refractivity contribution in [3.05, 3.63) is 12.2 Å². The van der Waals surface area contributed by atoms with Gasteiger partial charge in [0.1, 0.15) is 0 Å². The summed E-state index contributed by atoms with van der Waals surface area (Å²) in [6.07, 6.45) is 3.24. The minimum atomic E-state index is -0.303. The van der Waals surface area contributed by atoms with Gasteiger partial charge in [0, 0.05) is 6.08 Å². The Labute approximate surface area is 58.5 Å². The van der Waals surface area contributed by atoms with Crippen molar-refractivity contribution < 1.29 is 19.1 Å². The van der Waals surface area contributed by atoms with E-state index in [0.29, 0.717) is 0 Å². The van der Waals surface area contributed by atoms with Crippen molar-refractivity contribution >= 4 is 12.1 Å². The van der Waals surface area contributed by atoms with Crippen LogP contribution in [0.15, 0.2) is 12.2 Å². The maximum Gasteiger partial charge on any atom is 0.373 e. The van der Waals surface area contributed by atoms with Gasteiger partial charge in [-0.2, -0.15) is 9.59 Å². The SMILES string of the molecule is C/C=C/C(=O)OC.O=C=O. The van der Waals surface area contributed by atoms with Crippen molar-refractivity contribution in [2.24, 2.45) is 0 Å². The minimum Gasteiger partial charge on any atom is -0.466 e. The van der Waals surface area contributed by atoms with Gasteiger partial charge in [-0.3, -0.25) is 0 Å². The van der Waals surface area contributed by atoms with Gasteiger partial charge < -0.3 is 4.74 Å². The third-order valence-corrected chi connectivity index (χ3v) is 0.504. The molecule has 0 rings (SSSR count). The molecule has 0 saturated carbocycles. The van der Waals surface area contributed by atoms with E-state index in [1.54, 1.807) is 13.0 Å². The van der Waals surface area contributed by atoms with E-state index in [1.807, 2.05) is 0 Å². The molecule has 0 aromatic carbocycles. The van der Waals surface area contributed by atoms with E-state index < -0.39 is 0 Å². The molecule has 0 amide bonds. The molecule has 0 bridgehead atoms. The van der Waals surface area contributed by atoms with Crippen LogP contribution >= 0.6 is 0 Å². The van der Waals surface area contributed by atoms with Crippen LogP contribution < -0.4 is 0 Å². The number of rotatable bonds is 1. The molecule has 56 valence electrons. The van der Waals surface area contributed by atoms with Crippen LogP contribution in [0.25, 0.3) is 0 Å². The van der Waals surface area contributed by atoms with Gasteiger partial charge >= 0.3 is 12.1 Å². The zero-order chi connectivity index (χ0) is 8.41. The second-order valence-electron chi connectivity index (χ2n) is 1.11. The summed E-state index contributed by atoms with van der Waals surface area (Å²) in [5.74, 6) is -0.303. The molecule has 4 nitrogen and oxygen atoms in total. The Kier molecular flexibility index (Phi) is 12.0. The maximum atomic E-state index is 10.1. The summed E-state index contributed by atoms with van der Waals surface area (Å²) in [4.78, 5) is 26.4. The topological polar surface area (TPSA) is 60.4 Å². The average Bonchev–Trinajstić information content (AvgIpc) is 1.90. The highest BCUT2D eigenvalue weighted by molar-refractivity contribution is 5.81. The lowest BCUT2D eigenvalue weighted by Gasteiger charge is -1.84. The van der Waals surface area contributed by atoms with Crippen LogP contribution in [0.3, 0.4) is 0 Å². The third kappa shape index (κ3) is 16.0. The van der Waals surface area contributed by atoms with Crippen molar-refractivity contribution in [2.75, 3.05) is 7.11 Å². The molecule has 0 saturated heterocycles. The monoisotopic (exact) mass is 144 g/mol. The second-order valence-corrected chi connectivity index (χ2v) is 1.11. The van der Waals surface area contributed by atoms with Crippen LogP contribution in [0.5, 0.6) is 0 Å². The first-order valence-corrected chi connectivity index (χ1v) is 2.42. The molecule has 0 radical (unpaired) electrons. The van der Waals surface area contributed by atoms with E-state index in [-0.39, 0.29) is 12.1 Å². The van der Waals surface area contributed by atoms with Crippen LogP contribution in [0.1, 0.15) is 6.92 Å². The Morgan fingerprint density at radius 2 is 1.90 bits per heavy atom. The van der Waals surface area contributed by atoms with E-state index in [0.717, 1.165) is 0 Å². The standard InChI is InChI=1S/C5H8O2.CO2/c1-3-4-5(6)7-2;2-1-3/h3-4H,1-2H3;/b4-3+;. The largest absolute Gasteiger partial charge is 0.466 e. The number of methoxy groups -OCH3 is 1. The zero-order valence-corrected chi connectivity index (χ0v) is 5.79. The van der Waals surface area contributed by atoms with Gasteiger partial charge in [-0.25, -0.2) is 4.79 Å². The van der Waals surface area contributed by atoms with E-state index in [1.165, 1.54) is 13.2 Å². The fourth-order valence-corrected chi connectivity index (χ4v) is 0.204. The lowest BCUT2D eigenvalue weighted by atomic mass is 10.5. The lowest BCUT2D eigenvalue weighted by Crippen LogP contribution is -1.92. The van der Waals surface area contributed by atoms with E-state index >= 15 is 0 Å². The normalized spacial score (nSPS) is 7.40. The molecule has 10 heavy (non-hydrogen) atoms. The first-order valence-electron chi connectivity index (χ1n) is 2.42. The van der Waals surface area contributed by atoms with Crippen LogP contribution in [0, 0.1) is 0 Å². The minimum absolute atomic E-state index is 0.250. The van der Waals surface area contributed by atoms with Gasteiger partial charge in [-0.1, -0.05) is 6.08 Å². The van der Waals surface area contributed by atoms with Gasteiger partial charge in [-0.15, -0.1) is 0 Å². The fraction of sp³-hybridized carbons (Fsp3) is 0.333. The summed E-state index contributed by atoms with van der Waals surface area (Å²) in [7, 11) is 1.35. The molecule has 0 aliphatic heterocycles. The van der Waals surface area contributed by atoms with Gasteiger partial charge in [0.2, 0.25) is 0 Å². The molecule has 0 heterocycles. The Bertz CT molecular complexity index is 142. The highest BCUT2D eigenvalue weighted by Gasteiger charge is 1.84. The molecule has 0 spiro atoms. The van der Waals surface area contributed by atoms with Gasteiger partial charge in [-0.05, 0) is 6.92 Å². The molecule has 0 unspecified atom stereocenters. The molecular weight excluding hydrogens is 136 g/mol. The van der Waals surface area contributed by atoms with Gasteiger partial charge in [0.05, 0.1) is 7.11 Å². The Morgan fingerprint density at radius 1 is 1.50 bits per heavy atom. The van der Waals surface area contributed by atoms with Gasteiger partial charge in [0.25, 0.3) is 0 Å². The first-order chi connectivity index (χ1) is 4.72. The summed E-state index contributed by atoms with van der Waals surface area (Å²) in [5, 5.41) is 0. The fourth-order valence-electron chi connectivity index (χ4n) is 0.204. The molecule has 0 N–H and O–H groups in total. The van der Waals surface area contributed by atoms with Crippen molar-refractivity contribution in [1.82, 2.24) is 0 Å². The van der Waals surface area contributed by atoms with Crippen molar-refractivity contribution in [2.45, 2.75) is 6.92 Å². The number of esters is 1. The van der Waals surface area contributed by atoms with Crippen molar-refractivity contribution in [3.8, 4) is 0 Å². The predicted molar refractivity (Wildman–Crippen MR) is 31.8 cm³/mol. The summed E-state index contributed by atoms with van der Waals surface area (Å²) >= 11 is 0. The zero-order valence-electron chi connectivity index (χ0n) is 5.79. The van der Waals surface area contributed by atoms with E-state index in [9.17, 15) is 4.79 Å². The summed E-state index contributed by atoms with van der Waals surface area (Å²) < 4.78 is 4.26. The number of carbonyl (C=O) groups excluding carboxylic acids is 3. The number of allylic oxidation sites excluding steroid dienone is 1. The highest BCUT2D eigenvalue weighted by atomic mass is 16.5. The number of carbonyl (C=O) groups is 1. The molecule has 0 fully saturated rings. The Morgan fingerprint density at radius 3 is 2.00 bits per heavy atom. The smallest absolute Gasteiger partial charge is 0.373 e. The summed E-state index contributed by atoms with van der Waals surface area (Å²) in [6.45, 7) is 1.76. The van der Waals surface area contributed by atoms with E-state index in [2.05, 4.69) is 4.74 Å². The van der Waals surface area contributed by atoms with Crippen molar-refractivity contribution in [3.63, 3.8) is 0 Å². The quantitative estimate of drug-likeness (QED) is 0.388. The van der Waals surface area contributed by atoms with Crippen LogP contribution in [0.2, 0.25) is 0 Å². The lowest BCUT2D eigenvalue weighted by molar-refractivity contribution is -0.191. The molecule has 4 heteroatoms. The number of hydrogen-bond donors (Lipinski definition) is 0. The molecule has 0 atom stereocenters. The first kappa shape index (κ1) is 11.4. The molecular formula is C6H8O4. The molecule has 0 aromatic heterocycles. The highest BCUT2D eigenvalue weighted by Crippen LogP contribution is 1.73. The molecule has 0 aliphatic carbocycles. The second kappa shape index (κ2) is 10.5. The molecule has 0 aromatic rings. The number of hydrogen-bond acceptors (Lipinski definition) is 4. The molecule has 0 aliphatic rings. The van der Waals surface area contributed by atoms with Crippen LogP contribution in [0.4, 0.5) is 0 Å². The summed E-state index contributed by atoms with van der Waals surface area (Å²) in [6, 6.07) is 0. The van der Waals surface area contributed by atoms with E-state index in [4.69, 9.17) is 9.59 Å². The third-order valence-electron chi connectivity index (χ3n) is 0.504. The van der Waals surface area contributed by atoms with Crippen molar-refractivity contribution in [1.29, 1.82) is 0 Å².